The van der Waals surface area contributed by atoms with Crippen molar-refractivity contribution >= 4 is 17.5 Å². The summed E-state index contributed by atoms with van der Waals surface area (Å²) in [7, 11) is 0. The zero-order valence-corrected chi connectivity index (χ0v) is 10.3. The number of nitrogens with one attached hydrogen (secondary N) is 1. The van der Waals surface area contributed by atoms with Gasteiger partial charge in [0.1, 0.15) is 0 Å². The number of carbonyl (C=O) groups is 2. The molecule has 0 aromatic rings. The fraction of sp³-hybridized carbons (Fsp3) is 0.750. The van der Waals surface area contributed by atoms with Gasteiger partial charge in [0.2, 0.25) is 11.5 Å². The van der Waals surface area contributed by atoms with Gasteiger partial charge >= 0.3 is 0 Å². The Labute approximate surface area is 101 Å². The lowest BCUT2D eigenvalue weighted by Crippen LogP contribution is -2.53. The highest BCUT2D eigenvalue weighted by molar-refractivity contribution is 6.05. The van der Waals surface area contributed by atoms with Crippen molar-refractivity contribution in [3.05, 3.63) is 0 Å². The van der Waals surface area contributed by atoms with Crippen molar-refractivity contribution in [3.63, 3.8) is 0 Å². The Kier molecular flexibility index (Phi) is 3.17. The Morgan fingerprint density at radius 1 is 1.41 bits per heavy atom. The van der Waals surface area contributed by atoms with Crippen molar-refractivity contribution in [2.24, 2.45) is 11.1 Å². The largest absolute Gasteiger partial charge is 0.379 e. The second-order valence-electron chi connectivity index (χ2n) is 4.74. The first-order valence-corrected chi connectivity index (χ1v) is 6.20. The van der Waals surface area contributed by atoms with Gasteiger partial charge in [0, 0.05) is 25.2 Å². The number of hydrogen-bond donors (Lipinski definition) is 1. The van der Waals surface area contributed by atoms with Crippen LogP contribution in [-0.4, -0.2) is 23.1 Å². The van der Waals surface area contributed by atoms with E-state index in [2.05, 4.69) is 24.3 Å². The van der Waals surface area contributed by atoms with Crippen LogP contribution in [0, 0.1) is 5.92 Å². The highest BCUT2D eigenvalue weighted by Crippen LogP contribution is 2.34. The lowest BCUT2D eigenvalue weighted by Gasteiger charge is -2.28. The van der Waals surface area contributed by atoms with Gasteiger partial charge in [-0.05, 0) is 12.8 Å². The van der Waals surface area contributed by atoms with Crippen molar-refractivity contribution in [2.75, 3.05) is 0 Å². The van der Waals surface area contributed by atoms with Crippen LogP contribution in [0.2, 0.25) is 0 Å². The molecule has 0 aromatic carbocycles. The Morgan fingerprint density at radius 2 is 2.12 bits per heavy atom. The molecule has 0 radical (unpaired) electrons. The molecule has 5 nitrogen and oxygen atoms in total. The van der Waals surface area contributed by atoms with Gasteiger partial charge in [-0.2, -0.15) is 0 Å². The number of amides is 2. The van der Waals surface area contributed by atoms with E-state index in [9.17, 15) is 9.59 Å². The number of oxime groups is 1. The molecule has 2 aliphatic rings. The quantitative estimate of drug-likeness (QED) is 0.755. The van der Waals surface area contributed by atoms with E-state index in [-0.39, 0.29) is 11.8 Å². The van der Waals surface area contributed by atoms with Crippen LogP contribution in [0.3, 0.4) is 0 Å². The Morgan fingerprint density at radius 3 is 2.71 bits per heavy atom. The van der Waals surface area contributed by atoms with Gasteiger partial charge in [0.05, 0.1) is 5.71 Å². The molecule has 0 saturated carbocycles. The number of piperidine rings is 1. The third-order valence-electron chi connectivity index (χ3n) is 3.68. The molecule has 1 saturated heterocycles. The van der Waals surface area contributed by atoms with Gasteiger partial charge in [0.25, 0.3) is 5.91 Å². The molecule has 1 spiro atoms. The molecule has 2 amide bonds. The minimum absolute atomic E-state index is 0.222. The standard InChI is InChI=1S/C12H18N2O3/c1-3-8(4-2)9-7-12(17-14-9)6-5-10(15)13-11(12)16/h8H,3-7H2,1-2H3,(H,13,15,16). The predicted octanol–water partition coefficient (Wildman–Crippen LogP) is 1.37. The number of nitrogens with zero attached hydrogens (tertiary/aromatic N) is 1. The van der Waals surface area contributed by atoms with Gasteiger partial charge in [-0.3, -0.25) is 14.9 Å². The van der Waals surface area contributed by atoms with E-state index < -0.39 is 5.60 Å². The smallest absolute Gasteiger partial charge is 0.274 e. The highest BCUT2D eigenvalue weighted by Gasteiger charge is 2.50. The minimum atomic E-state index is -0.911. The van der Waals surface area contributed by atoms with Crippen molar-refractivity contribution in [1.82, 2.24) is 5.32 Å². The molecule has 2 aliphatic heterocycles. The lowest BCUT2D eigenvalue weighted by molar-refractivity contribution is -0.153. The first-order valence-electron chi connectivity index (χ1n) is 6.20. The second kappa shape index (κ2) is 4.47. The topological polar surface area (TPSA) is 67.8 Å². The summed E-state index contributed by atoms with van der Waals surface area (Å²) in [4.78, 5) is 28.3. The van der Waals surface area contributed by atoms with Crippen LogP contribution >= 0.6 is 0 Å². The van der Waals surface area contributed by atoms with Crippen LogP contribution in [-0.2, 0) is 14.4 Å². The van der Waals surface area contributed by atoms with Gasteiger partial charge in [-0.15, -0.1) is 0 Å². The summed E-state index contributed by atoms with van der Waals surface area (Å²) >= 11 is 0. The van der Waals surface area contributed by atoms with Crippen molar-refractivity contribution in [1.29, 1.82) is 0 Å². The Hall–Kier alpha value is -1.39. The van der Waals surface area contributed by atoms with E-state index in [0.717, 1.165) is 18.6 Å². The summed E-state index contributed by atoms with van der Waals surface area (Å²) in [6, 6.07) is 0. The zero-order chi connectivity index (χ0) is 12.5. The van der Waals surface area contributed by atoms with E-state index in [4.69, 9.17) is 4.84 Å². The monoisotopic (exact) mass is 238 g/mol. The number of rotatable bonds is 3. The van der Waals surface area contributed by atoms with Gasteiger partial charge < -0.3 is 4.84 Å². The SMILES string of the molecule is CCC(CC)C1=NOC2(CCC(=O)NC2=O)C1. The number of carbonyl (C=O) groups excluding carboxylic acids is 2. The Bertz CT molecular complexity index is 374. The minimum Gasteiger partial charge on any atom is -0.379 e. The summed E-state index contributed by atoms with van der Waals surface area (Å²) < 4.78 is 0. The first kappa shape index (κ1) is 12.1. The molecular formula is C12H18N2O3. The molecule has 17 heavy (non-hydrogen) atoms. The maximum absolute atomic E-state index is 11.8. The third kappa shape index (κ3) is 2.06. The molecule has 0 aliphatic carbocycles. The summed E-state index contributed by atoms with van der Waals surface area (Å²) in [5.41, 5.74) is 0.0470. The van der Waals surface area contributed by atoms with Gasteiger partial charge in [0.15, 0.2) is 0 Å². The average molecular weight is 238 g/mol. The molecular weight excluding hydrogens is 220 g/mol. The molecule has 2 heterocycles. The summed E-state index contributed by atoms with van der Waals surface area (Å²) in [5.74, 6) is -0.182. The van der Waals surface area contributed by atoms with Crippen molar-refractivity contribution in [3.8, 4) is 0 Å². The highest BCUT2D eigenvalue weighted by atomic mass is 16.7. The normalized spacial score (nSPS) is 28.3. The lowest BCUT2D eigenvalue weighted by atomic mass is 9.83. The van der Waals surface area contributed by atoms with Crippen LogP contribution in [0.4, 0.5) is 0 Å². The van der Waals surface area contributed by atoms with Gasteiger partial charge in [-0.25, -0.2) is 0 Å². The van der Waals surface area contributed by atoms with Crippen molar-refractivity contribution < 1.29 is 14.4 Å². The second-order valence-corrected chi connectivity index (χ2v) is 4.74. The van der Waals surface area contributed by atoms with Crippen LogP contribution in [0.5, 0.6) is 0 Å². The molecule has 1 unspecified atom stereocenters. The zero-order valence-electron chi connectivity index (χ0n) is 10.3. The van der Waals surface area contributed by atoms with E-state index >= 15 is 0 Å². The molecule has 1 fully saturated rings. The van der Waals surface area contributed by atoms with Gasteiger partial charge in [-0.1, -0.05) is 19.0 Å². The number of hydrogen-bond acceptors (Lipinski definition) is 4. The summed E-state index contributed by atoms with van der Waals surface area (Å²) in [5, 5.41) is 6.41. The van der Waals surface area contributed by atoms with E-state index in [1.165, 1.54) is 0 Å². The molecule has 1 N–H and O–H groups in total. The van der Waals surface area contributed by atoms with Crippen LogP contribution in [0.15, 0.2) is 5.16 Å². The fourth-order valence-electron chi connectivity index (χ4n) is 2.47. The Balaban J connectivity index is 2.08. The van der Waals surface area contributed by atoms with Crippen molar-refractivity contribution in [2.45, 2.75) is 51.6 Å². The number of imide groups is 1. The van der Waals surface area contributed by atoms with Crippen LogP contribution in [0.1, 0.15) is 46.0 Å². The summed E-state index contributed by atoms with van der Waals surface area (Å²) in [6.45, 7) is 4.21. The fourth-order valence-corrected chi connectivity index (χ4v) is 2.47. The third-order valence-corrected chi connectivity index (χ3v) is 3.68. The maximum atomic E-state index is 11.8. The molecule has 2 rings (SSSR count). The summed E-state index contributed by atoms with van der Waals surface area (Å²) in [6.07, 6.45) is 3.28. The van der Waals surface area contributed by atoms with E-state index in [0.29, 0.717) is 25.2 Å². The maximum Gasteiger partial charge on any atom is 0.274 e. The van der Waals surface area contributed by atoms with E-state index in [1.54, 1.807) is 0 Å². The molecule has 0 aromatic heterocycles. The first-order chi connectivity index (χ1) is 8.11. The average Bonchev–Trinajstić information content (AvgIpc) is 2.72. The van der Waals surface area contributed by atoms with Crippen LogP contribution in [0.25, 0.3) is 0 Å². The van der Waals surface area contributed by atoms with Crippen LogP contribution < -0.4 is 5.32 Å². The predicted molar refractivity (Wildman–Crippen MR) is 62.3 cm³/mol. The molecule has 1 atom stereocenters. The molecule has 0 bridgehead atoms. The molecule has 5 heteroatoms. The molecule has 94 valence electrons. The van der Waals surface area contributed by atoms with E-state index in [1.807, 2.05) is 0 Å².